The SMILES string of the molecule is N#Cc1cnc(NCc2ccccc2OC(F)(F)F)nc1NCC12CC3C[C@H](C1)C(NC[C@H](O)CO)[C@@H](C3)C2. The van der Waals surface area contributed by atoms with Gasteiger partial charge < -0.3 is 30.9 Å². The number of nitrogens with one attached hydrogen (secondary N) is 3. The molecule has 0 saturated heterocycles. The zero-order valence-corrected chi connectivity index (χ0v) is 21.4. The highest BCUT2D eigenvalue weighted by Gasteiger charge is 2.55. The van der Waals surface area contributed by atoms with Gasteiger partial charge in [0.2, 0.25) is 5.95 Å². The van der Waals surface area contributed by atoms with E-state index in [1.54, 1.807) is 6.07 Å². The van der Waals surface area contributed by atoms with E-state index in [1.165, 1.54) is 24.4 Å². The Labute approximate surface area is 224 Å². The number of aromatic nitrogens is 2. The van der Waals surface area contributed by atoms with E-state index in [2.05, 4.69) is 36.7 Å². The number of nitrogens with zero attached hydrogens (tertiary/aromatic N) is 3. The van der Waals surface area contributed by atoms with Gasteiger partial charge in [-0.2, -0.15) is 10.2 Å². The average Bonchev–Trinajstić information content (AvgIpc) is 2.89. The lowest BCUT2D eigenvalue weighted by molar-refractivity contribution is -0.274. The quantitative estimate of drug-likeness (QED) is 0.287. The van der Waals surface area contributed by atoms with Crippen molar-refractivity contribution < 1.29 is 28.1 Å². The van der Waals surface area contributed by atoms with Crippen molar-refractivity contribution in [1.29, 1.82) is 5.26 Å². The second-order valence-electron chi connectivity index (χ2n) is 11.2. The molecule has 0 radical (unpaired) electrons. The zero-order chi connectivity index (χ0) is 27.6. The van der Waals surface area contributed by atoms with Crippen molar-refractivity contribution in [3.8, 4) is 11.8 Å². The van der Waals surface area contributed by atoms with E-state index in [4.69, 9.17) is 5.11 Å². The lowest BCUT2D eigenvalue weighted by atomic mass is 9.48. The van der Waals surface area contributed by atoms with E-state index < -0.39 is 12.5 Å². The lowest BCUT2D eigenvalue weighted by Gasteiger charge is -2.60. The number of halogens is 3. The molecule has 2 aromatic rings. The standard InChI is InChI=1S/C27H33F3N6O3/c28-27(29,30)39-22-4-2-1-3-17(22)11-33-25-34-12-20(10-31)24(36-25)35-15-26-7-16-5-18(8-26)23(19(6-16)9-26)32-13-21(38)14-37/h1-4,12,16,18-19,21,23,32,37-38H,5-9,11,13-15H2,(H2,33,34,35,36)/t16?,18-,19+,21-,23?,26?/m0/s1. The molecule has 6 rings (SSSR count). The smallest absolute Gasteiger partial charge is 0.405 e. The molecule has 4 aliphatic rings. The maximum Gasteiger partial charge on any atom is 0.573 e. The predicted octanol–water partition coefficient (Wildman–Crippen LogP) is 3.41. The van der Waals surface area contributed by atoms with E-state index in [1.807, 2.05) is 0 Å². The van der Waals surface area contributed by atoms with Crippen molar-refractivity contribution in [2.45, 2.75) is 57.2 Å². The van der Waals surface area contributed by atoms with Gasteiger partial charge in [0.1, 0.15) is 23.2 Å². The Bertz CT molecular complexity index is 1190. The van der Waals surface area contributed by atoms with Gasteiger partial charge in [0.15, 0.2) is 0 Å². The third kappa shape index (κ3) is 6.37. The fraction of sp³-hybridized carbons (Fsp3) is 0.593. The Kier molecular flexibility index (Phi) is 7.84. The average molecular weight is 547 g/mol. The van der Waals surface area contributed by atoms with E-state index in [9.17, 15) is 23.5 Å². The summed E-state index contributed by atoms with van der Waals surface area (Å²) in [6.45, 7) is 0.803. The Balaban J connectivity index is 1.24. The van der Waals surface area contributed by atoms with Crippen molar-refractivity contribution in [3.05, 3.63) is 41.6 Å². The van der Waals surface area contributed by atoms with Gasteiger partial charge in [-0.25, -0.2) is 4.98 Å². The Morgan fingerprint density at radius 2 is 1.90 bits per heavy atom. The Morgan fingerprint density at radius 1 is 1.15 bits per heavy atom. The van der Waals surface area contributed by atoms with Crippen LogP contribution in [0.25, 0.3) is 0 Å². The molecular formula is C27H33F3N6O3. The number of anilines is 2. The van der Waals surface area contributed by atoms with Gasteiger partial charge in [-0.05, 0) is 61.3 Å². The summed E-state index contributed by atoms with van der Waals surface area (Å²) in [5.74, 6) is 1.94. The highest BCUT2D eigenvalue weighted by atomic mass is 19.4. The molecule has 9 nitrogen and oxygen atoms in total. The van der Waals surface area contributed by atoms with Crippen LogP contribution in [0.4, 0.5) is 24.9 Å². The molecule has 1 aromatic heterocycles. The molecule has 3 unspecified atom stereocenters. The number of rotatable bonds is 11. The van der Waals surface area contributed by atoms with E-state index in [0.717, 1.165) is 32.1 Å². The molecule has 1 aromatic carbocycles. The van der Waals surface area contributed by atoms with E-state index in [0.29, 0.717) is 53.8 Å². The summed E-state index contributed by atoms with van der Waals surface area (Å²) in [6.07, 6.45) is 1.36. The van der Waals surface area contributed by atoms with Gasteiger partial charge in [-0.3, -0.25) is 0 Å². The van der Waals surface area contributed by atoms with E-state index >= 15 is 0 Å². The Hall–Kier alpha value is -3.14. The number of alkyl halides is 3. The normalized spacial score (nSPS) is 28.1. The van der Waals surface area contributed by atoms with Gasteiger partial charge in [-0.1, -0.05) is 18.2 Å². The molecule has 0 aliphatic heterocycles. The molecule has 0 amide bonds. The summed E-state index contributed by atoms with van der Waals surface area (Å²) in [4.78, 5) is 8.63. The maximum atomic E-state index is 12.8. The van der Waals surface area contributed by atoms with Crippen LogP contribution in [0.5, 0.6) is 5.75 Å². The molecule has 4 bridgehead atoms. The molecular weight excluding hydrogens is 513 g/mol. The van der Waals surface area contributed by atoms with Crippen LogP contribution in [0.15, 0.2) is 30.5 Å². The zero-order valence-electron chi connectivity index (χ0n) is 21.4. The fourth-order valence-corrected chi connectivity index (χ4v) is 7.08. The van der Waals surface area contributed by atoms with Crippen LogP contribution < -0.4 is 20.7 Å². The first kappa shape index (κ1) is 27.4. The summed E-state index contributed by atoms with van der Waals surface area (Å²) >= 11 is 0. The summed E-state index contributed by atoms with van der Waals surface area (Å²) < 4.78 is 42.4. The molecule has 1 heterocycles. The molecule has 12 heteroatoms. The highest BCUT2D eigenvalue weighted by molar-refractivity contribution is 5.53. The highest BCUT2D eigenvalue weighted by Crippen LogP contribution is 2.60. The minimum absolute atomic E-state index is 0.00589. The fourth-order valence-electron chi connectivity index (χ4n) is 7.08. The van der Waals surface area contributed by atoms with Crippen molar-refractivity contribution in [2.75, 3.05) is 30.3 Å². The van der Waals surface area contributed by atoms with Crippen LogP contribution >= 0.6 is 0 Å². The number of aliphatic hydroxyl groups is 2. The van der Waals surface area contributed by atoms with Crippen LogP contribution in [-0.2, 0) is 6.54 Å². The molecule has 4 saturated carbocycles. The van der Waals surface area contributed by atoms with Crippen LogP contribution in [-0.4, -0.2) is 58.4 Å². The predicted molar refractivity (Wildman–Crippen MR) is 137 cm³/mol. The number of hydrogen-bond donors (Lipinski definition) is 5. The van der Waals surface area contributed by atoms with Crippen molar-refractivity contribution in [3.63, 3.8) is 0 Å². The van der Waals surface area contributed by atoms with Gasteiger partial charge >= 0.3 is 6.36 Å². The van der Waals surface area contributed by atoms with Crippen molar-refractivity contribution in [2.24, 2.45) is 23.2 Å². The topological polar surface area (TPSA) is 135 Å². The molecule has 5 N–H and O–H groups in total. The largest absolute Gasteiger partial charge is 0.573 e. The first-order valence-electron chi connectivity index (χ1n) is 13.3. The van der Waals surface area contributed by atoms with Gasteiger partial charge in [0.05, 0.1) is 18.9 Å². The lowest BCUT2D eigenvalue weighted by Crippen LogP contribution is -2.60. The van der Waals surface area contributed by atoms with Crippen LogP contribution in [0.2, 0.25) is 0 Å². The van der Waals surface area contributed by atoms with Gasteiger partial charge in [0.25, 0.3) is 0 Å². The number of ether oxygens (including phenoxy) is 1. The summed E-state index contributed by atoms with van der Waals surface area (Å²) in [7, 11) is 0. The van der Waals surface area contributed by atoms with Gasteiger partial charge in [-0.15, -0.1) is 13.2 Å². The molecule has 210 valence electrons. The number of para-hydroxylation sites is 1. The minimum Gasteiger partial charge on any atom is -0.405 e. The summed E-state index contributed by atoms with van der Waals surface area (Å²) in [5.41, 5.74) is 0.674. The molecule has 0 spiro atoms. The van der Waals surface area contributed by atoms with Crippen LogP contribution in [0, 0.1) is 34.5 Å². The minimum atomic E-state index is -4.80. The number of nitriles is 1. The maximum absolute atomic E-state index is 12.8. The molecule has 39 heavy (non-hydrogen) atoms. The second-order valence-corrected chi connectivity index (χ2v) is 11.2. The van der Waals surface area contributed by atoms with Crippen LogP contribution in [0.3, 0.4) is 0 Å². The van der Waals surface area contributed by atoms with Crippen molar-refractivity contribution >= 4 is 11.8 Å². The van der Waals surface area contributed by atoms with Crippen molar-refractivity contribution in [1.82, 2.24) is 15.3 Å². The van der Waals surface area contributed by atoms with Crippen LogP contribution in [0.1, 0.15) is 43.2 Å². The van der Waals surface area contributed by atoms with E-state index in [-0.39, 0.29) is 30.3 Å². The third-order valence-corrected chi connectivity index (χ3v) is 8.38. The number of aliphatic hydroxyl groups excluding tert-OH is 2. The molecule has 4 aliphatic carbocycles. The number of hydrogen-bond acceptors (Lipinski definition) is 9. The molecule has 4 fully saturated rings. The summed E-state index contributed by atoms with van der Waals surface area (Å²) in [6, 6.07) is 8.31. The Morgan fingerprint density at radius 3 is 2.59 bits per heavy atom. The monoisotopic (exact) mass is 546 g/mol. The second kappa shape index (κ2) is 11.2. The van der Waals surface area contributed by atoms with Gasteiger partial charge in [0, 0.05) is 31.2 Å². The molecule has 6 atom stereocenters. The first-order valence-corrected chi connectivity index (χ1v) is 13.3. The summed E-state index contributed by atoms with van der Waals surface area (Å²) in [5, 5.41) is 38.4. The third-order valence-electron chi connectivity index (χ3n) is 8.38. The first-order chi connectivity index (χ1) is 18.7. The number of benzene rings is 1.